The highest BCUT2D eigenvalue weighted by Crippen LogP contribution is 2.20. The Morgan fingerprint density at radius 2 is 1.92 bits per heavy atom. The highest BCUT2D eigenvalue weighted by molar-refractivity contribution is 4.72. The summed E-state index contributed by atoms with van der Waals surface area (Å²) in [4.78, 5) is 2.55. The van der Waals surface area contributed by atoms with Crippen LogP contribution < -0.4 is 0 Å². The van der Waals surface area contributed by atoms with Gasteiger partial charge in [-0.2, -0.15) is 0 Å². The van der Waals surface area contributed by atoms with Gasteiger partial charge in [0, 0.05) is 13.2 Å². The van der Waals surface area contributed by atoms with E-state index in [0.717, 1.165) is 18.3 Å². The van der Waals surface area contributed by atoms with Crippen LogP contribution in [0.2, 0.25) is 0 Å². The Morgan fingerprint density at radius 3 is 2.38 bits per heavy atom. The average Bonchev–Trinajstić information content (AvgIpc) is 2.08. The zero-order valence-electron chi connectivity index (χ0n) is 9.00. The number of rotatable bonds is 4. The fraction of sp³-hybridized carbons (Fsp3) is 1.00. The van der Waals surface area contributed by atoms with E-state index < -0.39 is 0 Å². The standard InChI is InChI=1S/C11H23NO/c1-10(2)9-12-6-3-11(4-7-12)5-8-13/h10-11,13H,3-9H2,1-2H3. The van der Waals surface area contributed by atoms with Crippen LogP contribution in [0.1, 0.15) is 33.1 Å². The van der Waals surface area contributed by atoms with Crippen LogP contribution in [0.4, 0.5) is 0 Å². The van der Waals surface area contributed by atoms with E-state index in [0.29, 0.717) is 6.61 Å². The van der Waals surface area contributed by atoms with Gasteiger partial charge in [0.2, 0.25) is 0 Å². The van der Waals surface area contributed by atoms with Crippen LogP contribution >= 0.6 is 0 Å². The summed E-state index contributed by atoms with van der Waals surface area (Å²) in [5, 5.41) is 8.82. The summed E-state index contributed by atoms with van der Waals surface area (Å²) >= 11 is 0. The topological polar surface area (TPSA) is 23.5 Å². The van der Waals surface area contributed by atoms with Crippen molar-refractivity contribution in [1.29, 1.82) is 0 Å². The van der Waals surface area contributed by atoms with Crippen molar-refractivity contribution >= 4 is 0 Å². The van der Waals surface area contributed by atoms with Crippen molar-refractivity contribution in [2.45, 2.75) is 33.1 Å². The van der Waals surface area contributed by atoms with E-state index in [1.807, 2.05) is 0 Å². The number of piperidine rings is 1. The van der Waals surface area contributed by atoms with E-state index in [1.165, 1.54) is 32.5 Å². The Balaban J connectivity index is 2.15. The van der Waals surface area contributed by atoms with Crippen molar-refractivity contribution < 1.29 is 5.11 Å². The molecule has 1 aliphatic rings. The largest absolute Gasteiger partial charge is 0.396 e. The maximum Gasteiger partial charge on any atom is 0.0433 e. The van der Waals surface area contributed by atoms with Crippen molar-refractivity contribution in [3.8, 4) is 0 Å². The second kappa shape index (κ2) is 5.61. The Labute approximate surface area is 81.9 Å². The fourth-order valence-electron chi connectivity index (χ4n) is 2.16. The Kier molecular flexibility index (Phi) is 4.74. The van der Waals surface area contributed by atoms with Gasteiger partial charge in [-0.1, -0.05) is 13.8 Å². The van der Waals surface area contributed by atoms with Crippen molar-refractivity contribution in [2.24, 2.45) is 11.8 Å². The molecule has 0 aromatic rings. The first kappa shape index (κ1) is 11.0. The molecule has 2 heteroatoms. The Bertz CT molecular complexity index is 128. The molecule has 0 atom stereocenters. The molecular weight excluding hydrogens is 162 g/mol. The van der Waals surface area contributed by atoms with Gasteiger partial charge >= 0.3 is 0 Å². The van der Waals surface area contributed by atoms with Crippen molar-refractivity contribution in [3.05, 3.63) is 0 Å². The summed E-state index contributed by atoms with van der Waals surface area (Å²) in [5.41, 5.74) is 0. The lowest BCUT2D eigenvalue weighted by atomic mass is 9.93. The number of nitrogens with zero attached hydrogens (tertiary/aromatic N) is 1. The monoisotopic (exact) mass is 185 g/mol. The summed E-state index contributed by atoms with van der Waals surface area (Å²) < 4.78 is 0. The maximum atomic E-state index is 8.82. The Hall–Kier alpha value is -0.0800. The molecule has 0 saturated carbocycles. The molecule has 1 saturated heterocycles. The SMILES string of the molecule is CC(C)CN1CCC(CCO)CC1. The molecule has 0 radical (unpaired) electrons. The second-order valence-corrected chi connectivity index (χ2v) is 4.65. The molecule has 1 rings (SSSR count). The first-order chi connectivity index (χ1) is 6.22. The molecule has 1 N–H and O–H groups in total. The van der Waals surface area contributed by atoms with Crippen molar-refractivity contribution in [3.63, 3.8) is 0 Å². The summed E-state index contributed by atoms with van der Waals surface area (Å²) in [6, 6.07) is 0. The number of aliphatic hydroxyl groups excluding tert-OH is 1. The molecule has 0 aromatic carbocycles. The van der Waals surface area contributed by atoms with Crippen LogP contribution in [0.5, 0.6) is 0 Å². The molecule has 1 heterocycles. The minimum atomic E-state index is 0.370. The smallest absolute Gasteiger partial charge is 0.0433 e. The van der Waals surface area contributed by atoms with E-state index in [2.05, 4.69) is 18.7 Å². The lowest BCUT2D eigenvalue weighted by Gasteiger charge is -2.32. The van der Waals surface area contributed by atoms with Crippen LogP contribution in [-0.2, 0) is 0 Å². The summed E-state index contributed by atoms with van der Waals surface area (Å²) in [7, 11) is 0. The zero-order chi connectivity index (χ0) is 9.68. The number of aliphatic hydroxyl groups is 1. The molecule has 78 valence electrons. The Morgan fingerprint density at radius 1 is 1.31 bits per heavy atom. The van der Waals surface area contributed by atoms with Crippen LogP contribution in [0.25, 0.3) is 0 Å². The summed E-state index contributed by atoms with van der Waals surface area (Å²) in [5.74, 6) is 1.57. The minimum Gasteiger partial charge on any atom is -0.396 e. The molecule has 0 bridgehead atoms. The molecule has 0 amide bonds. The van der Waals surface area contributed by atoms with Gasteiger partial charge < -0.3 is 10.0 Å². The molecule has 0 unspecified atom stereocenters. The van der Waals surface area contributed by atoms with Crippen molar-refractivity contribution in [2.75, 3.05) is 26.2 Å². The summed E-state index contributed by atoms with van der Waals surface area (Å²) in [6.45, 7) is 8.64. The highest BCUT2D eigenvalue weighted by Gasteiger charge is 2.18. The third-order valence-electron chi connectivity index (χ3n) is 2.87. The van der Waals surface area contributed by atoms with Gasteiger partial charge in [0.15, 0.2) is 0 Å². The van der Waals surface area contributed by atoms with E-state index in [4.69, 9.17) is 5.11 Å². The molecule has 1 fully saturated rings. The van der Waals surface area contributed by atoms with Crippen LogP contribution in [-0.4, -0.2) is 36.2 Å². The minimum absolute atomic E-state index is 0.370. The van der Waals surface area contributed by atoms with Gasteiger partial charge in [-0.25, -0.2) is 0 Å². The predicted octanol–water partition coefficient (Wildman–Crippen LogP) is 1.74. The van der Waals surface area contributed by atoms with Crippen LogP contribution in [0, 0.1) is 11.8 Å². The van der Waals surface area contributed by atoms with Gasteiger partial charge in [-0.05, 0) is 44.2 Å². The molecule has 13 heavy (non-hydrogen) atoms. The molecule has 1 aliphatic heterocycles. The lowest BCUT2D eigenvalue weighted by molar-refractivity contribution is 0.147. The van der Waals surface area contributed by atoms with Crippen molar-refractivity contribution in [1.82, 2.24) is 4.90 Å². The third kappa shape index (κ3) is 4.10. The van der Waals surface area contributed by atoms with E-state index >= 15 is 0 Å². The number of hydrogen-bond acceptors (Lipinski definition) is 2. The molecule has 0 aromatic heterocycles. The van der Waals surface area contributed by atoms with Gasteiger partial charge in [-0.3, -0.25) is 0 Å². The lowest BCUT2D eigenvalue weighted by Crippen LogP contribution is -2.36. The van der Waals surface area contributed by atoms with Gasteiger partial charge in [0.1, 0.15) is 0 Å². The van der Waals surface area contributed by atoms with E-state index in [1.54, 1.807) is 0 Å². The van der Waals surface area contributed by atoms with E-state index in [9.17, 15) is 0 Å². The van der Waals surface area contributed by atoms with Gasteiger partial charge in [0.05, 0.1) is 0 Å². The van der Waals surface area contributed by atoms with Crippen LogP contribution in [0.15, 0.2) is 0 Å². The zero-order valence-corrected chi connectivity index (χ0v) is 9.00. The molecule has 0 aliphatic carbocycles. The average molecular weight is 185 g/mol. The number of hydrogen-bond donors (Lipinski definition) is 1. The molecular formula is C11H23NO. The molecule has 0 spiro atoms. The predicted molar refractivity (Wildman–Crippen MR) is 55.7 cm³/mol. The quantitative estimate of drug-likeness (QED) is 0.721. The first-order valence-corrected chi connectivity index (χ1v) is 5.55. The maximum absolute atomic E-state index is 8.82. The molecule has 2 nitrogen and oxygen atoms in total. The van der Waals surface area contributed by atoms with E-state index in [-0.39, 0.29) is 0 Å². The summed E-state index contributed by atoms with van der Waals surface area (Å²) in [6.07, 6.45) is 3.58. The highest BCUT2D eigenvalue weighted by atomic mass is 16.3. The van der Waals surface area contributed by atoms with Gasteiger partial charge in [0.25, 0.3) is 0 Å². The third-order valence-corrected chi connectivity index (χ3v) is 2.87. The normalized spacial score (nSPS) is 21.2. The first-order valence-electron chi connectivity index (χ1n) is 5.55. The van der Waals surface area contributed by atoms with Crippen LogP contribution in [0.3, 0.4) is 0 Å². The fourth-order valence-corrected chi connectivity index (χ4v) is 2.16. The van der Waals surface area contributed by atoms with Gasteiger partial charge in [-0.15, -0.1) is 0 Å². The number of likely N-dealkylation sites (tertiary alicyclic amines) is 1. The second-order valence-electron chi connectivity index (χ2n) is 4.65.